The molecule has 1 aromatic heterocycles. The van der Waals surface area contributed by atoms with Crippen molar-refractivity contribution in [3.63, 3.8) is 0 Å². The summed E-state index contributed by atoms with van der Waals surface area (Å²) in [6.07, 6.45) is 3.39. The Morgan fingerprint density at radius 2 is 2.04 bits per heavy atom. The zero-order valence-corrected chi connectivity index (χ0v) is 15.4. The molecule has 3 atom stereocenters. The molecule has 1 aromatic carbocycles. The number of likely N-dealkylation sites (tertiary alicyclic amines) is 1. The fourth-order valence-corrected chi connectivity index (χ4v) is 4.42. The summed E-state index contributed by atoms with van der Waals surface area (Å²) < 4.78 is 6.22. The predicted molar refractivity (Wildman–Crippen MR) is 102 cm³/mol. The van der Waals surface area contributed by atoms with E-state index in [1.165, 1.54) is 0 Å². The summed E-state index contributed by atoms with van der Waals surface area (Å²) in [6.45, 7) is 1.04. The number of rotatable bonds is 2. The number of amides is 1. The number of ketones is 1. The van der Waals surface area contributed by atoms with Crippen molar-refractivity contribution >= 4 is 11.7 Å². The molecule has 2 aromatic rings. The van der Waals surface area contributed by atoms with Crippen molar-refractivity contribution < 1.29 is 14.3 Å². The van der Waals surface area contributed by atoms with Crippen LogP contribution < -0.4 is 15.6 Å². The number of carbonyl (C=O) groups excluding carboxylic acids is 2. The van der Waals surface area contributed by atoms with Gasteiger partial charge in [0.15, 0.2) is 5.78 Å². The van der Waals surface area contributed by atoms with E-state index in [0.717, 1.165) is 5.69 Å². The second-order valence-corrected chi connectivity index (χ2v) is 7.78. The Morgan fingerprint density at radius 1 is 1.18 bits per heavy atom. The highest BCUT2D eigenvalue weighted by Gasteiger charge is 2.48. The highest BCUT2D eigenvalue weighted by atomic mass is 16.5. The number of nitrogens with one attached hydrogen (secondary N) is 2. The van der Waals surface area contributed by atoms with E-state index < -0.39 is 5.60 Å². The Hall–Kier alpha value is -2.77. The molecule has 0 bridgehead atoms. The van der Waals surface area contributed by atoms with Crippen molar-refractivity contribution in [3.8, 4) is 5.75 Å². The van der Waals surface area contributed by atoms with Gasteiger partial charge < -0.3 is 9.64 Å². The van der Waals surface area contributed by atoms with E-state index >= 15 is 0 Å². The standard InChI is InChI=1S/C21H22N4O3/c26-18-12-21(28-19-7-2-1-5-14(18)19)8-10-25(13-21)20(27)17-11-16(23-24-17)15-6-3-4-9-22-15/h1-7,9,16-17,23-24H,8,10-13H2. The highest BCUT2D eigenvalue weighted by molar-refractivity contribution is 6.00. The third-order valence-corrected chi connectivity index (χ3v) is 5.87. The molecule has 144 valence electrons. The number of ether oxygens (including phenoxy) is 1. The Balaban J connectivity index is 1.27. The fraction of sp³-hybridized carbons (Fsp3) is 0.381. The van der Waals surface area contributed by atoms with Gasteiger partial charge in [0.1, 0.15) is 17.4 Å². The molecule has 0 saturated carbocycles. The minimum Gasteiger partial charge on any atom is -0.484 e. The van der Waals surface area contributed by atoms with E-state index in [1.807, 2.05) is 41.3 Å². The van der Waals surface area contributed by atoms with Crippen LogP contribution in [0.4, 0.5) is 0 Å². The number of hydrogen-bond acceptors (Lipinski definition) is 6. The van der Waals surface area contributed by atoms with Gasteiger partial charge in [-0.3, -0.25) is 14.6 Å². The maximum atomic E-state index is 13.0. The van der Waals surface area contributed by atoms with E-state index in [2.05, 4.69) is 15.8 Å². The van der Waals surface area contributed by atoms with Gasteiger partial charge in [0.25, 0.3) is 0 Å². The number of para-hydroxylation sites is 1. The highest BCUT2D eigenvalue weighted by Crippen LogP contribution is 2.39. The number of fused-ring (bicyclic) bond motifs is 1. The van der Waals surface area contributed by atoms with E-state index in [-0.39, 0.29) is 23.8 Å². The molecule has 2 N–H and O–H groups in total. The number of benzene rings is 1. The Morgan fingerprint density at radius 3 is 2.89 bits per heavy atom. The topological polar surface area (TPSA) is 83.6 Å². The molecule has 1 amide bonds. The second kappa shape index (κ2) is 6.68. The summed E-state index contributed by atoms with van der Waals surface area (Å²) in [5.41, 5.74) is 7.23. The molecule has 0 radical (unpaired) electrons. The van der Waals surface area contributed by atoms with Crippen LogP contribution in [0.25, 0.3) is 0 Å². The number of hydrazine groups is 1. The SMILES string of the molecule is O=C1CC2(CCN(C(=O)C3CC(c4ccccn4)NN3)C2)Oc2ccccc21. The minimum absolute atomic E-state index is 0.00565. The molecule has 2 saturated heterocycles. The maximum absolute atomic E-state index is 13.0. The van der Waals surface area contributed by atoms with E-state index in [9.17, 15) is 9.59 Å². The minimum atomic E-state index is -0.604. The smallest absolute Gasteiger partial charge is 0.241 e. The molecule has 3 aliphatic heterocycles. The molecule has 7 nitrogen and oxygen atoms in total. The van der Waals surface area contributed by atoms with Crippen molar-refractivity contribution in [2.24, 2.45) is 0 Å². The summed E-state index contributed by atoms with van der Waals surface area (Å²) in [7, 11) is 0. The van der Waals surface area contributed by atoms with Gasteiger partial charge in [0, 0.05) is 19.2 Å². The Labute approximate surface area is 163 Å². The quantitative estimate of drug-likeness (QED) is 0.826. The van der Waals surface area contributed by atoms with Crippen LogP contribution in [0.1, 0.15) is 41.4 Å². The molecule has 0 aliphatic carbocycles. The van der Waals surface area contributed by atoms with Crippen molar-refractivity contribution in [2.45, 2.75) is 36.9 Å². The van der Waals surface area contributed by atoms with Crippen molar-refractivity contribution in [1.29, 1.82) is 0 Å². The monoisotopic (exact) mass is 378 g/mol. The molecule has 28 heavy (non-hydrogen) atoms. The second-order valence-electron chi connectivity index (χ2n) is 7.78. The van der Waals surface area contributed by atoms with E-state index in [0.29, 0.717) is 43.7 Å². The average Bonchev–Trinajstić information content (AvgIpc) is 3.36. The molecule has 7 heteroatoms. The first-order valence-corrected chi connectivity index (χ1v) is 9.66. The van der Waals surface area contributed by atoms with Crippen molar-refractivity contribution in [2.75, 3.05) is 13.1 Å². The molecule has 3 aliphatic rings. The number of carbonyl (C=O) groups is 2. The fourth-order valence-electron chi connectivity index (χ4n) is 4.42. The first kappa shape index (κ1) is 17.3. The summed E-state index contributed by atoms with van der Waals surface area (Å²) in [6, 6.07) is 12.8. The number of aromatic nitrogens is 1. The zero-order valence-electron chi connectivity index (χ0n) is 15.4. The number of hydrogen-bond donors (Lipinski definition) is 2. The first-order chi connectivity index (χ1) is 13.6. The van der Waals surface area contributed by atoms with E-state index in [1.54, 1.807) is 12.3 Å². The molecular formula is C21H22N4O3. The van der Waals surface area contributed by atoms with Crippen LogP contribution in [0.2, 0.25) is 0 Å². The zero-order chi connectivity index (χ0) is 19.1. The van der Waals surface area contributed by atoms with Gasteiger partial charge in [-0.25, -0.2) is 10.9 Å². The summed E-state index contributed by atoms with van der Waals surface area (Å²) in [5, 5.41) is 0. The van der Waals surface area contributed by atoms with Gasteiger partial charge in [-0.2, -0.15) is 0 Å². The molecular weight excluding hydrogens is 356 g/mol. The average molecular weight is 378 g/mol. The lowest BCUT2D eigenvalue weighted by Gasteiger charge is -2.34. The molecule has 5 rings (SSSR count). The molecule has 1 spiro atoms. The summed E-state index contributed by atoms with van der Waals surface area (Å²) in [4.78, 5) is 31.8. The third-order valence-electron chi connectivity index (χ3n) is 5.87. The van der Waals surface area contributed by atoms with Crippen LogP contribution in [-0.4, -0.2) is 46.3 Å². The molecule has 3 unspecified atom stereocenters. The lowest BCUT2D eigenvalue weighted by molar-refractivity contribution is -0.133. The van der Waals surface area contributed by atoms with Gasteiger partial charge >= 0.3 is 0 Å². The van der Waals surface area contributed by atoms with Crippen LogP contribution in [0.5, 0.6) is 5.75 Å². The van der Waals surface area contributed by atoms with Crippen LogP contribution in [0.15, 0.2) is 48.7 Å². The summed E-state index contributed by atoms with van der Waals surface area (Å²) in [5.74, 6) is 0.758. The Bertz CT molecular complexity index is 919. The first-order valence-electron chi connectivity index (χ1n) is 9.66. The summed E-state index contributed by atoms with van der Waals surface area (Å²) >= 11 is 0. The lowest BCUT2D eigenvalue weighted by atomic mass is 9.89. The number of pyridine rings is 1. The lowest BCUT2D eigenvalue weighted by Crippen LogP contribution is -2.49. The van der Waals surface area contributed by atoms with Crippen LogP contribution >= 0.6 is 0 Å². The maximum Gasteiger partial charge on any atom is 0.241 e. The Kier molecular flexibility index (Phi) is 4.14. The number of Topliss-reactive ketones (excluding diaryl/α,β-unsaturated/α-hetero) is 1. The van der Waals surface area contributed by atoms with Gasteiger partial charge in [-0.05, 0) is 30.7 Å². The van der Waals surface area contributed by atoms with E-state index in [4.69, 9.17) is 4.74 Å². The van der Waals surface area contributed by atoms with Gasteiger partial charge in [-0.15, -0.1) is 0 Å². The molecule has 4 heterocycles. The van der Waals surface area contributed by atoms with Gasteiger partial charge in [0.2, 0.25) is 5.91 Å². The van der Waals surface area contributed by atoms with Gasteiger partial charge in [0.05, 0.1) is 30.3 Å². The molecule has 2 fully saturated rings. The predicted octanol–water partition coefficient (Wildman–Crippen LogP) is 1.63. The van der Waals surface area contributed by atoms with Gasteiger partial charge in [-0.1, -0.05) is 18.2 Å². The van der Waals surface area contributed by atoms with Crippen LogP contribution in [-0.2, 0) is 4.79 Å². The largest absolute Gasteiger partial charge is 0.484 e. The third kappa shape index (κ3) is 2.96. The van der Waals surface area contributed by atoms with Crippen LogP contribution in [0.3, 0.4) is 0 Å². The van der Waals surface area contributed by atoms with Crippen molar-refractivity contribution in [1.82, 2.24) is 20.7 Å². The van der Waals surface area contributed by atoms with Crippen molar-refractivity contribution in [3.05, 3.63) is 59.9 Å². The number of nitrogens with zero attached hydrogens (tertiary/aromatic N) is 2. The normalized spacial score (nSPS) is 29.0. The van der Waals surface area contributed by atoms with Crippen LogP contribution in [0, 0.1) is 0 Å².